The van der Waals surface area contributed by atoms with E-state index < -0.39 is 24.4 Å². The highest BCUT2D eigenvalue weighted by Gasteiger charge is 2.34. The number of rotatable bonds is 5. The molecule has 1 saturated carbocycles. The Balaban J connectivity index is 1.96. The molecule has 1 aromatic carbocycles. The van der Waals surface area contributed by atoms with Crippen LogP contribution in [-0.4, -0.2) is 36.1 Å². The summed E-state index contributed by atoms with van der Waals surface area (Å²) in [6, 6.07) is 3.93. The van der Waals surface area contributed by atoms with E-state index in [0.717, 1.165) is 6.42 Å². The molecule has 1 aromatic rings. The molecule has 0 radical (unpaired) electrons. The second kappa shape index (κ2) is 6.66. The lowest BCUT2D eigenvalue weighted by Gasteiger charge is -2.36. The summed E-state index contributed by atoms with van der Waals surface area (Å²) in [6.45, 7) is 0.367. The van der Waals surface area contributed by atoms with Gasteiger partial charge in [0.25, 0.3) is 0 Å². The number of anilines is 1. The zero-order chi connectivity index (χ0) is 17.1. The average Bonchev–Trinajstić information content (AvgIpc) is 2.42. The first-order chi connectivity index (χ1) is 10.7. The van der Waals surface area contributed by atoms with Gasteiger partial charge in [0.1, 0.15) is 5.75 Å². The van der Waals surface area contributed by atoms with Crippen LogP contribution in [0, 0.1) is 6.92 Å². The fourth-order valence-corrected chi connectivity index (χ4v) is 2.18. The SMILES string of the molecule is Cc1ccc(NC(=O)NCC2(O)CCC2)c(OCC(F)(F)F)c1. The second-order valence-corrected chi connectivity index (χ2v) is 5.79. The van der Waals surface area contributed by atoms with E-state index in [9.17, 15) is 23.1 Å². The molecule has 3 N–H and O–H groups in total. The van der Waals surface area contributed by atoms with E-state index in [-0.39, 0.29) is 18.0 Å². The molecule has 8 heteroatoms. The Labute approximate surface area is 131 Å². The van der Waals surface area contributed by atoms with E-state index in [0.29, 0.717) is 18.4 Å². The molecule has 2 rings (SSSR count). The van der Waals surface area contributed by atoms with Crippen molar-refractivity contribution in [2.24, 2.45) is 0 Å². The Morgan fingerprint density at radius 1 is 1.39 bits per heavy atom. The molecule has 1 aliphatic rings. The van der Waals surface area contributed by atoms with Crippen molar-refractivity contribution in [2.75, 3.05) is 18.5 Å². The highest BCUT2D eigenvalue weighted by molar-refractivity contribution is 5.91. The Morgan fingerprint density at radius 2 is 2.09 bits per heavy atom. The van der Waals surface area contributed by atoms with Crippen molar-refractivity contribution in [3.63, 3.8) is 0 Å². The van der Waals surface area contributed by atoms with Gasteiger partial charge in [0.2, 0.25) is 0 Å². The van der Waals surface area contributed by atoms with Crippen molar-refractivity contribution in [2.45, 2.75) is 38.0 Å². The van der Waals surface area contributed by atoms with Gasteiger partial charge in [-0.2, -0.15) is 13.2 Å². The predicted octanol–water partition coefficient (Wildman–Crippen LogP) is 2.97. The average molecular weight is 332 g/mol. The summed E-state index contributed by atoms with van der Waals surface area (Å²) in [5.74, 6) is -0.0557. The summed E-state index contributed by atoms with van der Waals surface area (Å²) in [6.07, 6.45) is -2.31. The fourth-order valence-electron chi connectivity index (χ4n) is 2.18. The number of aryl methyl sites for hydroxylation is 1. The van der Waals surface area contributed by atoms with Crippen molar-refractivity contribution in [3.05, 3.63) is 23.8 Å². The molecule has 1 aliphatic carbocycles. The summed E-state index contributed by atoms with van der Waals surface area (Å²) >= 11 is 0. The Bertz CT molecular complexity index is 572. The Hall–Kier alpha value is -1.96. The minimum atomic E-state index is -4.46. The monoisotopic (exact) mass is 332 g/mol. The van der Waals surface area contributed by atoms with Crippen molar-refractivity contribution in [1.82, 2.24) is 5.32 Å². The number of ether oxygens (including phenoxy) is 1. The molecule has 5 nitrogen and oxygen atoms in total. The number of nitrogens with one attached hydrogen (secondary N) is 2. The number of hydrogen-bond donors (Lipinski definition) is 3. The first-order valence-corrected chi connectivity index (χ1v) is 7.24. The summed E-state index contributed by atoms with van der Waals surface area (Å²) in [5.41, 5.74) is -0.0323. The predicted molar refractivity (Wildman–Crippen MR) is 78.6 cm³/mol. The molecular weight excluding hydrogens is 313 g/mol. The minimum absolute atomic E-state index is 0.0557. The van der Waals surface area contributed by atoms with E-state index in [2.05, 4.69) is 10.6 Å². The maximum Gasteiger partial charge on any atom is 0.422 e. The molecule has 0 bridgehead atoms. The molecule has 128 valence electrons. The number of amides is 2. The van der Waals surface area contributed by atoms with Crippen LogP contribution in [0.25, 0.3) is 0 Å². The van der Waals surface area contributed by atoms with E-state index in [1.165, 1.54) is 12.1 Å². The molecule has 0 aromatic heterocycles. The van der Waals surface area contributed by atoms with E-state index in [1.807, 2.05) is 0 Å². The van der Waals surface area contributed by atoms with E-state index in [1.54, 1.807) is 13.0 Å². The zero-order valence-corrected chi connectivity index (χ0v) is 12.7. The number of halogens is 3. The van der Waals surface area contributed by atoms with Crippen molar-refractivity contribution < 1.29 is 27.8 Å². The number of carbonyl (C=O) groups is 1. The van der Waals surface area contributed by atoms with Crippen LogP contribution in [-0.2, 0) is 0 Å². The number of benzene rings is 1. The molecule has 0 atom stereocenters. The maximum absolute atomic E-state index is 12.3. The largest absolute Gasteiger partial charge is 0.482 e. The highest BCUT2D eigenvalue weighted by atomic mass is 19.4. The van der Waals surface area contributed by atoms with Crippen LogP contribution < -0.4 is 15.4 Å². The molecule has 0 heterocycles. The number of carbonyl (C=O) groups excluding carboxylic acids is 1. The first-order valence-electron chi connectivity index (χ1n) is 7.24. The summed E-state index contributed by atoms with van der Waals surface area (Å²) in [5, 5.41) is 14.8. The third kappa shape index (κ3) is 5.31. The molecule has 2 amide bonds. The van der Waals surface area contributed by atoms with Crippen LogP contribution in [0.2, 0.25) is 0 Å². The topological polar surface area (TPSA) is 70.6 Å². The lowest BCUT2D eigenvalue weighted by Crippen LogP contribution is -2.48. The molecule has 1 fully saturated rings. The minimum Gasteiger partial charge on any atom is -0.482 e. The van der Waals surface area contributed by atoms with Crippen molar-refractivity contribution >= 4 is 11.7 Å². The Kier molecular flexibility index (Phi) is 5.03. The van der Waals surface area contributed by atoms with Gasteiger partial charge in [-0.3, -0.25) is 0 Å². The standard InChI is InChI=1S/C15H19F3N2O3/c1-10-3-4-11(12(7-10)23-9-15(16,17)18)20-13(21)19-8-14(22)5-2-6-14/h3-4,7,22H,2,5-6,8-9H2,1H3,(H2,19,20,21). The normalized spacial score (nSPS) is 16.4. The van der Waals surface area contributed by atoms with Crippen LogP contribution >= 0.6 is 0 Å². The van der Waals surface area contributed by atoms with Crippen LogP contribution in [0.15, 0.2) is 18.2 Å². The number of urea groups is 1. The van der Waals surface area contributed by atoms with E-state index >= 15 is 0 Å². The zero-order valence-electron chi connectivity index (χ0n) is 12.7. The lowest BCUT2D eigenvalue weighted by atomic mass is 9.80. The molecule has 0 spiro atoms. The van der Waals surface area contributed by atoms with Gasteiger partial charge in [-0.25, -0.2) is 4.79 Å². The number of aliphatic hydroxyl groups is 1. The van der Waals surface area contributed by atoms with Gasteiger partial charge in [0.05, 0.1) is 11.3 Å². The van der Waals surface area contributed by atoms with Crippen LogP contribution in [0.4, 0.5) is 23.7 Å². The number of hydrogen-bond acceptors (Lipinski definition) is 3. The third-order valence-corrected chi connectivity index (χ3v) is 3.64. The first kappa shape index (κ1) is 17.4. The molecular formula is C15H19F3N2O3. The molecule has 23 heavy (non-hydrogen) atoms. The van der Waals surface area contributed by atoms with Gasteiger partial charge < -0.3 is 20.5 Å². The summed E-state index contributed by atoms with van der Waals surface area (Å²) in [7, 11) is 0. The summed E-state index contributed by atoms with van der Waals surface area (Å²) < 4.78 is 41.6. The smallest absolute Gasteiger partial charge is 0.422 e. The van der Waals surface area contributed by atoms with Crippen LogP contribution in [0.3, 0.4) is 0 Å². The van der Waals surface area contributed by atoms with Crippen LogP contribution in [0.5, 0.6) is 5.75 Å². The van der Waals surface area contributed by atoms with Gasteiger partial charge in [-0.15, -0.1) is 0 Å². The summed E-state index contributed by atoms with van der Waals surface area (Å²) in [4.78, 5) is 11.8. The highest BCUT2D eigenvalue weighted by Crippen LogP contribution is 2.31. The van der Waals surface area contributed by atoms with Gasteiger partial charge in [-0.1, -0.05) is 6.07 Å². The quantitative estimate of drug-likeness (QED) is 0.776. The lowest BCUT2D eigenvalue weighted by molar-refractivity contribution is -0.153. The molecule has 0 saturated heterocycles. The molecule has 0 aliphatic heterocycles. The van der Waals surface area contributed by atoms with Crippen molar-refractivity contribution in [3.8, 4) is 5.75 Å². The number of alkyl halides is 3. The third-order valence-electron chi connectivity index (χ3n) is 3.64. The van der Waals surface area contributed by atoms with Gasteiger partial charge in [0, 0.05) is 6.54 Å². The van der Waals surface area contributed by atoms with Gasteiger partial charge in [0.15, 0.2) is 6.61 Å². The van der Waals surface area contributed by atoms with Crippen LogP contribution in [0.1, 0.15) is 24.8 Å². The van der Waals surface area contributed by atoms with Crippen molar-refractivity contribution in [1.29, 1.82) is 0 Å². The van der Waals surface area contributed by atoms with E-state index in [4.69, 9.17) is 4.74 Å². The Morgan fingerprint density at radius 3 is 2.65 bits per heavy atom. The fraction of sp³-hybridized carbons (Fsp3) is 0.533. The van der Waals surface area contributed by atoms with Gasteiger partial charge in [-0.05, 0) is 43.9 Å². The second-order valence-electron chi connectivity index (χ2n) is 5.79. The molecule has 0 unspecified atom stereocenters. The maximum atomic E-state index is 12.3. The van der Waals surface area contributed by atoms with Gasteiger partial charge >= 0.3 is 12.2 Å².